The first-order chi connectivity index (χ1) is 15.3. The van der Waals surface area contributed by atoms with Gasteiger partial charge in [0.25, 0.3) is 0 Å². The fourth-order valence-electron chi connectivity index (χ4n) is 8.55. The molecule has 32 heavy (non-hydrogen) atoms. The van der Waals surface area contributed by atoms with Crippen molar-refractivity contribution in [3.8, 4) is 0 Å². The first kappa shape index (κ1) is 22.3. The molecule has 4 aliphatic carbocycles. The molecule has 1 N–H and O–H groups in total. The van der Waals surface area contributed by atoms with Gasteiger partial charge < -0.3 is 10.2 Å². The van der Waals surface area contributed by atoms with E-state index in [-0.39, 0.29) is 22.7 Å². The molecule has 1 heterocycles. The molecule has 5 aliphatic rings. The summed E-state index contributed by atoms with van der Waals surface area (Å²) in [6.07, 6.45) is 12.9. The fourth-order valence-corrected chi connectivity index (χ4v) is 8.55. The van der Waals surface area contributed by atoms with Crippen molar-refractivity contribution in [3.05, 3.63) is 11.6 Å². The average molecular weight is 441 g/mol. The van der Waals surface area contributed by atoms with Crippen LogP contribution in [-0.4, -0.2) is 30.6 Å². The molecule has 0 aromatic rings. The zero-order valence-electron chi connectivity index (χ0n) is 20.1. The molecular weight excluding hydrogens is 400 g/mol. The van der Waals surface area contributed by atoms with Gasteiger partial charge in [0.2, 0.25) is 0 Å². The first-order valence-electron chi connectivity index (χ1n) is 13.0. The molecule has 0 spiro atoms. The second-order valence-corrected chi connectivity index (χ2v) is 11.8. The van der Waals surface area contributed by atoms with E-state index in [2.05, 4.69) is 31.2 Å². The van der Waals surface area contributed by atoms with Crippen molar-refractivity contribution in [2.24, 2.45) is 45.6 Å². The Morgan fingerprint density at radius 1 is 1.09 bits per heavy atom. The second kappa shape index (κ2) is 8.38. The molecule has 3 saturated carbocycles. The predicted octanol–water partition coefficient (Wildman–Crippen LogP) is 5.05. The monoisotopic (exact) mass is 440 g/mol. The molecular formula is C27H40N2O3. The van der Waals surface area contributed by atoms with Crippen molar-refractivity contribution in [1.29, 1.82) is 0 Å². The number of hydrogen-bond acceptors (Lipinski definition) is 5. The number of fused-ring (bicyclic) bond motifs is 5. The van der Waals surface area contributed by atoms with E-state index < -0.39 is 0 Å². The summed E-state index contributed by atoms with van der Waals surface area (Å²) in [6, 6.07) is 0. The molecule has 5 heteroatoms. The molecule has 5 nitrogen and oxygen atoms in total. The highest BCUT2D eigenvalue weighted by molar-refractivity contribution is 5.91. The van der Waals surface area contributed by atoms with Crippen LogP contribution in [0.5, 0.6) is 0 Å². The third kappa shape index (κ3) is 3.59. The van der Waals surface area contributed by atoms with Crippen molar-refractivity contribution in [2.45, 2.75) is 85.0 Å². The SMILES string of the molecule is C/C(=N/OC(=O)C1CCCNC1)C1CCC2C3CCC4=CC(=O)CCC4(C)C3CCC12C. The average Bonchev–Trinajstić information content (AvgIpc) is 3.15. The molecule has 0 bridgehead atoms. The van der Waals surface area contributed by atoms with Crippen LogP contribution in [0.2, 0.25) is 0 Å². The summed E-state index contributed by atoms with van der Waals surface area (Å²) in [5.74, 6) is 2.68. The van der Waals surface area contributed by atoms with Crippen LogP contribution < -0.4 is 5.32 Å². The van der Waals surface area contributed by atoms with Gasteiger partial charge in [0.15, 0.2) is 5.78 Å². The van der Waals surface area contributed by atoms with Crippen LogP contribution in [0.1, 0.15) is 85.0 Å². The van der Waals surface area contributed by atoms with E-state index in [1.165, 1.54) is 31.3 Å². The summed E-state index contributed by atoms with van der Waals surface area (Å²) in [6.45, 7) is 8.70. The van der Waals surface area contributed by atoms with Gasteiger partial charge in [0.05, 0.1) is 11.6 Å². The van der Waals surface area contributed by atoms with Crippen LogP contribution in [0.15, 0.2) is 16.8 Å². The summed E-state index contributed by atoms with van der Waals surface area (Å²) < 4.78 is 0. The van der Waals surface area contributed by atoms with E-state index >= 15 is 0 Å². The Hall–Kier alpha value is -1.49. The van der Waals surface area contributed by atoms with E-state index in [1.54, 1.807) is 0 Å². The quantitative estimate of drug-likeness (QED) is 0.379. The highest BCUT2D eigenvalue weighted by Gasteiger charge is 2.59. The molecule has 1 saturated heterocycles. The summed E-state index contributed by atoms with van der Waals surface area (Å²) in [7, 11) is 0. The van der Waals surface area contributed by atoms with Crippen molar-refractivity contribution in [1.82, 2.24) is 5.32 Å². The van der Waals surface area contributed by atoms with Crippen LogP contribution in [0.25, 0.3) is 0 Å². The van der Waals surface area contributed by atoms with Gasteiger partial charge in [0, 0.05) is 18.9 Å². The van der Waals surface area contributed by atoms with Gasteiger partial charge in [-0.05, 0) is 106 Å². The zero-order valence-corrected chi connectivity index (χ0v) is 20.1. The lowest BCUT2D eigenvalue weighted by molar-refractivity contribution is -0.149. The number of carbonyl (C=O) groups excluding carboxylic acids is 2. The molecule has 5 rings (SSSR count). The predicted molar refractivity (Wildman–Crippen MR) is 125 cm³/mol. The van der Waals surface area contributed by atoms with Gasteiger partial charge in [-0.3, -0.25) is 4.79 Å². The number of ketones is 1. The maximum atomic E-state index is 12.5. The summed E-state index contributed by atoms with van der Waals surface area (Å²) in [5.41, 5.74) is 2.92. The number of rotatable bonds is 3. The van der Waals surface area contributed by atoms with Crippen molar-refractivity contribution in [2.75, 3.05) is 13.1 Å². The van der Waals surface area contributed by atoms with Crippen molar-refractivity contribution in [3.63, 3.8) is 0 Å². The van der Waals surface area contributed by atoms with Crippen LogP contribution in [-0.2, 0) is 14.4 Å². The Bertz CT molecular complexity index is 842. The minimum Gasteiger partial charge on any atom is -0.318 e. The third-order valence-corrected chi connectivity index (χ3v) is 10.4. The Morgan fingerprint density at radius 3 is 2.72 bits per heavy atom. The highest BCUT2D eigenvalue weighted by Crippen LogP contribution is 2.66. The molecule has 0 aromatic heterocycles. The Morgan fingerprint density at radius 2 is 1.94 bits per heavy atom. The Kier molecular flexibility index (Phi) is 5.84. The first-order valence-corrected chi connectivity index (χ1v) is 13.0. The van der Waals surface area contributed by atoms with E-state index in [4.69, 9.17) is 4.84 Å². The van der Waals surface area contributed by atoms with Crippen LogP contribution in [0.3, 0.4) is 0 Å². The van der Waals surface area contributed by atoms with Crippen LogP contribution >= 0.6 is 0 Å². The van der Waals surface area contributed by atoms with Gasteiger partial charge in [0.1, 0.15) is 0 Å². The molecule has 176 valence electrons. The van der Waals surface area contributed by atoms with Gasteiger partial charge in [-0.25, -0.2) is 4.79 Å². The Labute approximate surface area is 192 Å². The lowest BCUT2D eigenvalue weighted by atomic mass is 9.46. The number of hydrogen-bond donors (Lipinski definition) is 1. The maximum Gasteiger partial charge on any atom is 0.339 e. The van der Waals surface area contributed by atoms with E-state index in [0.717, 1.165) is 56.7 Å². The standard InChI is InChI=1S/C27H40N2O3/c1-17(29-32-25(31)18-5-4-14-28-16-18)22-8-9-23-21-7-6-19-15-20(30)10-12-26(19,2)24(21)11-13-27(22,23)3/h15,18,21-24,28H,4-14,16H2,1-3H3/b29-17-. The van der Waals surface area contributed by atoms with Gasteiger partial charge in [-0.2, -0.15) is 0 Å². The molecule has 1 aliphatic heterocycles. The minimum atomic E-state index is -0.175. The summed E-state index contributed by atoms with van der Waals surface area (Å²) in [4.78, 5) is 30.0. The minimum absolute atomic E-state index is 0.0599. The van der Waals surface area contributed by atoms with E-state index in [9.17, 15) is 9.59 Å². The lowest BCUT2D eigenvalue weighted by Crippen LogP contribution is -2.51. The van der Waals surface area contributed by atoms with Gasteiger partial charge in [-0.1, -0.05) is 24.6 Å². The molecule has 4 fully saturated rings. The van der Waals surface area contributed by atoms with Crippen LogP contribution in [0.4, 0.5) is 0 Å². The zero-order chi connectivity index (χ0) is 22.5. The molecule has 0 aromatic carbocycles. The van der Waals surface area contributed by atoms with Crippen molar-refractivity contribution < 1.29 is 14.4 Å². The van der Waals surface area contributed by atoms with E-state index in [1.807, 2.05) is 6.08 Å². The number of nitrogens with one attached hydrogen (secondary N) is 1. The largest absolute Gasteiger partial charge is 0.339 e. The highest BCUT2D eigenvalue weighted by atomic mass is 16.7. The molecule has 7 unspecified atom stereocenters. The number of oxime groups is 1. The third-order valence-electron chi connectivity index (χ3n) is 10.4. The molecule has 7 atom stereocenters. The number of allylic oxidation sites excluding steroid dienone is 1. The fraction of sp³-hybridized carbons (Fsp3) is 0.815. The smallest absolute Gasteiger partial charge is 0.318 e. The van der Waals surface area contributed by atoms with Gasteiger partial charge in [-0.15, -0.1) is 0 Å². The topological polar surface area (TPSA) is 67.8 Å². The normalized spacial score (nSPS) is 44.2. The van der Waals surface area contributed by atoms with E-state index in [0.29, 0.717) is 30.1 Å². The number of nitrogens with zero attached hydrogens (tertiary/aromatic N) is 1. The Balaban J connectivity index is 1.30. The number of piperidine rings is 1. The van der Waals surface area contributed by atoms with Crippen LogP contribution in [0, 0.1) is 40.4 Å². The summed E-state index contributed by atoms with van der Waals surface area (Å²) in [5, 5.41) is 7.68. The summed E-state index contributed by atoms with van der Waals surface area (Å²) >= 11 is 0. The lowest BCUT2D eigenvalue weighted by Gasteiger charge is -2.58. The number of carbonyl (C=O) groups is 2. The molecule has 0 radical (unpaired) electrons. The van der Waals surface area contributed by atoms with Crippen molar-refractivity contribution >= 4 is 17.5 Å². The maximum absolute atomic E-state index is 12.5. The second-order valence-electron chi connectivity index (χ2n) is 11.8. The van der Waals surface area contributed by atoms with Gasteiger partial charge >= 0.3 is 5.97 Å². The molecule has 0 amide bonds.